The number of carbonyl (C=O) groups is 2. The van der Waals surface area contributed by atoms with E-state index in [-0.39, 0.29) is 11.7 Å². The van der Waals surface area contributed by atoms with Crippen LogP contribution in [0.5, 0.6) is 0 Å². The molecular weight excluding hydrogens is 236 g/mol. The number of fused-ring (bicyclic) bond motifs is 1. The topological polar surface area (TPSA) is 72.2 Å². The summed E-state index contributed by atoms with van der Waals surface area (Å²) in [6.45, 7) is 1.84. The first-order valence-corrected chi connectivity index (χ1v) is 6.41. The lowest BCUT2D eigenvalue weighted by Crippen LogP contribution is -2.17. The van der Waals surface area contributed by atoms with Crippen molar-refractivity contribution in [2.45, 2.75) is 24.8 Å². The summed E-state index contributed by atoms with van der Waals surface area (Å²) in [7, 11) is 0. The Balaban J connectivity index is 2.55. The van der Waals surface area contributed by atoms with E-state index in [4.69, 9.17) is 5.73 Å². The second-order valence-electron chi connectivity index (χ2n) is 3.88. The van der Waals surface area contributed by atoms with Crippen LogP contribution in [-0.4, -0.2) is 17.4 Å². The van der Waals surface area contributed by atoms with Gasteiger partial charge in [-0.25, -0.2) is 0 Å². The van der Waals surface area contributed by atoms with E-state index in [0.29, 0.717) is 24.2 Å². The first-order chi connectivity index (χ1) is 8.13. The van der Waals surface area contributed by atoms with E-state index in [0.717, 1.165) is 16.2 Å². The quantitative estimate of drug-likeness (QED) is 0.839. The summed E-state index contributed by atoms with van der Waals surface area (Å²) < 4.78 is 0. The number of Topliss-reactive ketones (excluding diaryl/α,β-unsaturated/α-hetero) is 1. The van der Waals surface area contributed by atoms with Crippen LogP contribution in [0, 0.1) is 0 Å². The van der Waals surface area contributed by atoms with Crippen LogP contribution in [0.3, 0.4) is 0 Å². The molecule has 0 saturated heterocycles. The highest BCUT2D eigenvalue weighted by Crippen LogP contribution is 2.37. The van der Waals surface area contributed by atoms with Crippen molar-refractivity contribution in [1.82, 2.24) is 0 Å². The maximum Gasteiger partial charge on any atom is 0.221 e. The number of hydrogen-bond acceptors (Lipinski definition) is 4. The average molecular weight is 250 g/mol. The second-order valence-corrected chi connectivity index (χ2v) is 4.99. The molecule has 0 saturated carbocycles. The van der Waals surface area contributed by atoms with Crippen LogP contribution in [-0.2, 0) is 11.3 Å². The molecule has 1 amide bonds. The fourth-order valence-corrected chi connectivity index (χ4v) is 3.09. The van der Waals surface area contributed by atoms with Gasteiger partial charge in [0, 0.05) is 30.5 Å². The molecule has 17 heavy (non-hydrogen) atoms. The van der Waals surface area contributed by atoms with Gasteiger partial charge in [-0.05, 0) is 11.6 Å². The number of nitrogens with two attached hydrogens (primary N) is 1. The van der Waals surface area contributed by atoms with Gasteiger partial charge in [-0.15, -0.1) is 11.8 Å². The lowest BCUT2D eigenvalue weighted by molar-refractivity contribution is -0.114. The van der Waals surface area contributed by atoms with E-state index < -0.39 is 0 Å². The summed E-state index contributed by atoms with van der Waals surface area (Å²) in [5.41, 5.74) is 7.85. The van der Waals surface area contributed by atoms with Gasteiger partial charge >= 0.3 is 0 Å². The van der Waals surface area contributed by atoms with Crippen molar-refractivity contribution < 1.29 is 9.59 Å². The van der Waals surface area contributed by atoms with Crippen molar-refractivity contribution in [2.24, 2.45) is 5.73 Å². The minimum Gasteiger partial charge on any atom is -0.326 e. The summed E-state index contributed by atoms with van der Waals surface area (Å²) in [5, 5.41) is 2.70. The number of rotatable bonds is 2. The summed E-state index contributed by atoms with van der Waals surface area (Å²) in [6, 6.07) is 3.63. The predicted octanol–water partition coefficient (Wildman–Crippen LogP) is 1.78. The summed E-state index contributed by atoms with van der Waals surface area (Å²) in [4.78, 5) is 24.0. The molecule has 0 unspecified atom stereocenters. The number of nitrogens with one attached hydrogen (secondary N) is 1. The molecule has 0 aromatic heterocycles. The van der Waals surface area contributed by atoms with Gasteiger partial charge in [0.25, 0.3) is 0 Å². The van der Waals surface area contributed by atoms with Crippen molar-refractivity contribution >= 4 is 29.1 Å². The standard InChI is InChI=1S/C12H14N2O2S/c1-7(15)14-9-3-2-8(6-13)12-11(9)10(16)4-5-17-12/h2-3H,4-6,13H2,1H3,(H,14,15). The zero-order valence-corrected chi connectivity index (χ0v) is 10.4. The number of carbonyl (C=O) groups excluding carboxylic acids is 2. The SMILES string of the molecule is CC(=O)Nc1ccc(CN)c2c1C(=O)CCS2. The van der Waals surface area contributed by atoms with Gasteiger partial charge in [-0.3, -0.25) is 9.59 Å². The lowest BCUT2D eigenvalue weighted by Gasteiger charge is -2.20. The second kappa shape index (κ2) is 4.89. The molecule has 1 aromatic carbocycles. The minimum atomic E-state index is -0.170. The predicted molar refractivity (Wildman–Crippen MR) is 68.3 cm³/mol. The Morgan fingerprint density at radius 1 is 1.53 bits per heavy atom. The molecule has 2 rings (SSSR count). The minimum absolute atomic E-state index is 0.0813. The largest absolute Gasteiger partial charge is 0.326 e. The van der Waals surface area contributed by atoms with Gasteiger partial charge in [0.2, 0.25) is 5.91 Å². The third kappa shape index (κ3) is 2.35. The Morgan fingerprint density at radius 2 is 2.29 bits per heavy atom. The average Bonchev–Trinajstić information content (AvgIpc) is 2.28. The molecule has 1 heterocycles. The van der Waals surface area contributed by atoms with Crippen LogP contribution < -0.4 is 11.1 Å². The van der Waals surface area contributed by atoms with Crippen LogP contribution in [0.15, 0.2) is 17.0 Å². The monoisotopic (exact) mass is 250 g/mol. The number of anilines is 1. The van der Waals surface area contributed by atoms with Gasteiger partial charge in [-0.2, -0.15) is 0 Å². The van der Waals surface area contributed by atoms with E-state index in [9.17, 15) is 9.59 Å². The number of thioether (sulfide) groups is 1. The van der Waals surface area contributed by atoms with Crippen LogP contribution in [0.4, 0.5) is 5.69 Å². The lowest BCUT2D eigenvalue weighted by atomic mass is 10.0. The van der Waals surface area contributed by atoms with Gasteiger partial charge in [0.1, 0.15) is 0 Å². The maximum atomic E-state index is 12.0. The van der Waals surface area contributed by atoms with Crippen LogP contribution in [0.25, 0.3) is 0 Å². The smallest absolute Gasteiger partial charge is 0.221 e. The Bertz CT molecular complexity index is 486. The van der Waals surface area contributed by atoms with E-state index in [2.05, 4.69) is 5.32 Å². The molecule has 4 nitrogen and oxygen atoms in total. The van der Waals surface area contributed by atoms with E-state index in [1.807, 2.05) is 6.07 Å². The van der Waals surface area contributed by atoms with Gasteiger partial charge in [-0.1, -0.05) is 6.07 Å². The number of ketones is 1. The Kier molecular flexibility index (Phi) is 3.49. The fraction of sp³-hybridized carbons (Fsp3) is 0.333. The van der Waals surface area contributed by atoms with E-state index >= 15 is 0 Å². The number of benzene rings is 1. The highest BCUT2D eigenvalue weighted by atomic mass is 32.2. The third-order valence-corrected chi connectivity index (χ3v) is 3.79. The molecule has 1 aromatic rings. The van der Waals surface area contributed by atoms with E-state index in [1.54, 1.807) is 17.8 Å². The molecule has 0 spiro atoms. The Hall–Kier alpha value is -1.33. The molecule has 0 aliphatic carbocycles. The molecule has 0 atom stereocenters. The summed E-state index contributed by atoms with van der Waals surface area (Å²) in [5.74, 6) is 0.691. The van der Waals surface area contributed by atoms with Crippen molar-refractivity contribution in [1.29, 1.82) is 0 Å². The summed E-state index contributed by atoms with van der Waals surface area (Å²) in [6.07, 6.45) is 0.512. The molecule has 0 radical (unpaired) electrons. The van der Waals surface area contributed by atoms with Crippen LogP contribution >= 0.6 is 11.8 Å². The number of amides is 1. The molecule has 1 aliphatic rings. The van der Waals surface area contributed by atoms with Crippen molar-refractivity contribution in [3.8, 4) is 0 Å². The highest BCUT2D eigenvalue weighted by Gasteiger charge is 2.23. The zero-order valence-electron chi connectivity index (χ0n) is 9.58. The molecule has 5 heteroatoms. The van der Waals surface area contributed by atoms with Crippen molar-refractivity contribution in [3.63, 3.8) is 0 Å². The molecule has 0 bridgehead atoms. The molecule has 90 valence electrons. The third-order valence-electron chi connectivity index (χ3n) is 2.62. The van der Waals surface area contributed by atoms with Gasteiger partial charge in [0.05, 0.1) is 11.3 Å². The van der Waals surface area contributed by atoms with Gasteiger partial charge < -0.3 is 11.1 Å². The van der Waals surface area contributed by atoms with Gasteiger partial charge in [0.15, 0.2) is 5.78 Å². The van der Waals surface area contributed by atoms with Crippen molar-refractivity contribution in [3.05, 3.63) is 23.3 Å². The summed E-state index contributed by atoms with van der Waals surface area (Å²) >= 11 is 1.63. The Morgan fingerprint density at radius 3 is 2.94 bits per heavy atom. The van der Waals surface area contributed by atoms with Crippen molar-refractivity contribution in [2.75, 3.05) is 11.1 Å². The Labute approximate surface area is 104 Å². The molecule has 3 N–H and O–H groups in total. The molecule has 1 aliphatic heterocycles. The highest BCUT2D eigenvalue weighted by molar-refractivity contribution is 7.99. The van der Waals surface area contributed by atoms with Crippen LogP contribution in [0.1, 0.15) is 29.3 Å². The normalized spacial score (nSPS) is 14.4. The first kappa shape index (κ1) is 12.1. The maximum absolute atomic E-state index is 12.0. The first-order valence-electron chi connectivity index (χ1n) is 5.43. The van der Waals surface area contributed by atoms with Crippen LogP contribution in [0.2, 0.25) is 0 Å². The van der Waals surface area contributed by atoms with E-state index in [1.165, 1.54) is 6.92 Å². The molecular formula is C12H14N2O2S. The fourth-order valence-electron chi connectivity index (χ4n) is 1.89. The molecule has 0 fully saturated rings. The number of hydrogen-bond donors (Lipinski definition) is 2. The zero-order chi connectivity index (χ0) is 12.4.